The molecular formula is C16H17N3O. The monoisotopic (exact) mass is 267 g/mol. The van der Waals surface area contributed by atoms with Crippen molar-refractivity contribution >= 4 is 23.1 Å². The van der Waals surface area contributed by atoms with Crippen molar-refractivity contribution in [3.05, 3.63) is 46.6 Å². The van der Waals surface area contributed by atoms with Crippen molar-refractivity contribution < 1.29 is 4.79 Å². The zero-order valence-electron chi connectivity index (χ0n) is 12.1. The molecule has 4 nitrogen and oxygen atoms in total. The van der Waals surface area contributed by atoms with E-state index in [-0.39, 0.29) is 5.91 Å². The van der Waals surface area contributed by atoms with Crippen LogP contribution in [-0.2, 0) is 0 Å². The normalized spacial score (nSPS) is 13.4. The number of fused-ring (bicyclic) bond motifs is 2. The van der Waals surface area contributed by atoms with Crippen molar-refractivity contribution in [1.29, 1.82) is 0 Å². The maximum Gasteiger partial charge on any atom is 0.261 e. The molecule has 0 bridgehead atoms. The summed E-state index contributed by atoms with van der Waals surface area (Å²) in [6, 6.07) is 7.79. The second-order valence-corrected chi connectivity index (χ2v) is 5.29. The van der Waals surface area contributed by atoms with Crippen LogP contribution in [0.4, 0.5) is 17.2 Å². The highest BCUT2D eigenvalue weighted by Gasteiger charge is 2.25. The Balaban J connectivity index is 2.25. The number of aromatic nitrogens is 1. The fourth-order valence-corrected chi connectivity index (χ4v) is 2.42. The lowest BCUT2D eigenvalue weighted by Gasteiger charge is -2.18. The lowest BCUT2D eigenvalue weighted by molar-refractivity contribution is 0.0994. The fraction of sp³-hybridized carbons (Fsp3) is 0.250. The number of nitrogens with zero attached hydrogens (tertiary/aromatic N) is 2. The van der Waals surface area contributed by atoms with Crippen LogP contribution in [0.25, 0.3) is 0 Å². The van der Waals surface area contributed by atoms with E-state index < -0.39 is 0 Å². The Bertz CT molecular complexity index is 722. The number of amides is 1. The molecule has 20 heavy (non-hydrogen) atoms. The summed E-state index contributed by atoms with van der Waals surface area (Å²) in [6.07, 6.45) is 0. The Labute approximate surface area is 118 Å². The highest BCUT2D eigenvalue weighted by atomic mass is 16.2. The predicted molar refractivity (Wildman–Crippen MR) is 80.9 cm³/mol. The smallest absolute Gasteiger partial charge is 0.261 e. The summed E-state index contributed by atoms with van der Waals surface area (Å²) >= 11 is 0. The summed E-state index contributed by atoms with van der Waals surface area (Å²) < 4.78 is 0. The van der Waals surface area contributed by atoms with Crippen molar-refractivity contribution in [2.24, 2.45) is 0 Å². The van der Waals surface area contributed by atoms with Gasteiger partial charge in [0.05, 0.1) is 16.9 Å². The van der Waals surface area contributed by atoms with Gasteiger partial charge in [0, 0.05) is 12.7 Å². The molecule has 1 aromatic heterocycles. The predicted octanol–water partition coefficient (Wildman–Crippen LogP) is 3.34. The maximum absolute atomic E-state index is 12.6. The molecule has 1 amide bonds. The molecule has 0 saturated carbocycles. The first-order chi connectivity index (χ1) is 9.47. The zero-order chi connectivity index (χ0) is 14.4. The van der Waals surface area contributed by atoms with Gasteiger partial charge < -0.3 is 10.2 Å². The molecule has 0 saturated heterocycles. The van der Waals surface area contributed by atoms with E-state index in [9.17, 15) is 4.79 Å². The van der Waals surface area contributed by atoms with Crippen LogP contribution >= 0.6 is 0 Å². The number of hydrogen-bond acceptors (Lipinski definition) is 3. The lowest BCUT2D eigenvalue weighted by Crippen LogP contribution is -2.25. The molecule has 1 N–H and O–H groups in total. The molecule has 2 aromatic rings. The fourth-order valence-electron chi connectivity index (χ4n) is 2.42. The SMILES string of the molecule is Cc1ccc2c(n1)Nc1cc(C)c(C)cc1N(C)C2=O. The van der Waals surface area contributed by atoms with Crippen LogP contribution in [0.3, 0.4) is 0 Å². The minimum atomic E-state index is -0.0398. The van der Waals surface area contributed by atoms with E-state index in [2.05, 4.69) is 23.3 Å². The first-order valence-electron chi connectivity index (χ1n) is 6.61. The Morgan fingerprint density at radius 3 is 2.55 bits per heavy atom. The topological polar surface area (TPSA) is 45.2 Å². The highest BCUT2D eigenvalue weighted by Crippen LogP contribution is 2.35. The van der Waals surface area contributed by atoms with Gasteiger partial charge in [0.2, 0.25) is 0 Å². The number of carbonyl (C=O) groups is 1. The lowest BCUT2D eigenvalue weighted by atomic mass is 10.1. The van der Waals surface area contributed by atoms with Gasteiger partial charge in [-0.05, 0) is 56.2 Å². The summed E-state index contributed by atoms with van der Waals surface area (Å²) in [5.74, 6) is 0.589. The van der Waals surface area contributed by atoms with Crippen LogP contribution < -0.4 is 10.2 Å². The maximum atomic E-state index is 12.6. The van der Waals surface area contributed by atoms with Crippen LogP contribution in [0, 0.1) is 20.8 Å². The van der Waals surface area contributed by atoms with Crippen molar-refractivity contribution in [2.75, 3.05) is 17.3 Å². The number of aryl methyl sites for hydroxylation is 3. The molecule has 3 rings (SSSR count). The van der Waals surface area contributed by atoms with Crippen LogP contribution in [0.5, 0.6) is 0 Å². The molecule has 4 heteroatoms. The van der Waals surface area contributed by atoms with E-state index in [1.807, 2.05) is 32.0 Å². The molecule has 0 radical (unpaired) electrons. The third-order valence-electron chi connectivity index (χ3n) is 3.80. The molecule has 0 fully saturated rings. The minimum Gasteiger partial charge on any atom is -0.338 e. The first-order valence-corrected chi connectivity index (χ1v) is 6.61. The molecule has 1 aliphatic heterocycles. The van der Waals surface area contributed by atoms with E-state index in [4.69, 9.17) is 0 Å². The van der Waals surface area contributed by atoms with Gasteiger partial charge in [-0.15, -0.1) is 0 Å². The third kappa shape index (κ3) is 1.84. The van der Waals surface area contributed by atoms with Gasteiger partial charge in [-0.1, -0.05) is 0 Å². The van der Waals surface area contributed by atoms with Crippen molar-refractivity contribution in [2.45, 2.75) is 20.8 Å². The number of anilines is 3. The average molecular weight is 267 g/mol. The molecule has 2 heterocycles. The molecule has 0 spiro atoms. The standard InChI is InChI=1S/C16H17N3O/c1-9-7-13-14(8-10(9)2)19(4)16(20)12-6-5-11(3)17-15(12)18-13/h5-8H,1-4H3,(H,17,18). The van der Waals surface area contributed by atoms with Gasteiger partial charge in [0.25, 0.3) is 5.91 Å². The van der Waals surface area contributed by atoms with Gasteiger partial charge in [0.1, 0.15) is 5.82 Å². The van der Waals surface area contributed by atoms with E-state index in [1.165, 1.54) is 11.1 Å². The molecule has 1 aliphatic rings. The summed E-state index contributed by atoms with van der Waals surface area (Å²) in [5, 5.41) is 3.30. The number of benzene rings is 1. The number of rotatable bonds is 0. The third-order valence-corrected chi connectivity index (χ3v) is 3.80. The van der Waals surface area contributed by atoms with Crippen LogP contribution in [-0.4, -0.2) is 17.9 Å². The van der Waals surface area contributed by atoms with Gasteiger partial charge in [0.15, 0.2) is 0 Å². The van der Waals surface area contributed by atoms with Crippen molar-refractivity contribution in [3.63, 3.8) is 0 Å². The van der Waals surface area contributed by atoms with Crippen molar-refractivity contribution in [3.8, 4) is 0 Å². The van der Waals surface area contributed by atoms with E-state index >= 15 is 0 Å². The van der Waals surface area contributed by atoms with Gasteiger partial charge in [-0.3, -0.25) is 4.79 Å². The van der Waals surface area contributed by atoms with E-state index in [0.29, 0.717) is 11.4 Å². The second kappa shape index (κ2) is 4.34. The van der Waals surface area contributed by atoms with Gasteiger partial charge >= 0.3 is 0 Å². The van der Waals surface area contributed by atoms with Crippen LogP contribution in [0.15, 0.2) is 24.3 Å². The largest absolute Gasteiger partial charge is 0.338 e. The zero-order valence-corrected chi connectivity index (χ0v) is 12.1. The quantitative estimate of drug-likeness (QED) is 0.796. The number of pyridine rings is 1. The number of hydrogen-bond donors (Lipinski definition) is 1. The number of carbonyl (C=O) groups excluding carboxylic acids is 1. The molecular weight excluding hydrogens is 250 g/mol. The Hall–Kier alpha value is -2.36. The molecule has 0 atom stereocenters. The Morgan fingerprint density at radius 1 is 1.10 bits per heavy atom. The number of nitrogens with one attached hydrogen (secondary N) is 1. The van der Waals surface area contributed by atoms with Crippen LogP contribution in [0.1, 0.15) is 27.2 Å². The van der Waals surface area contributed by atoms with E-state index in [1.54, 1.807) is 11.9 Å². The minimum absolute atomic E-state index is 0.0398. The van der Waals surface area contributed by atoms with Gasteiger partial charge in [-0.2, -0.15) is 0 Å². The van der Waals surface area contributed by atoms with Crippen LogP contribution in [0.2, 0.25) is 0 Å². The van der Waals surface area contributed by atoms with Crippen molar-refractivity contribution in [1.82, 2.24) is 4.98 Å². The molecule has 0 unspecified atom stereocenters. The summed E-state index contributed by atoms with van der Waals surface area (Å²) in [6.45, 7) is 6.03. The second-order valence-electron chi connectivity index (χ2n) is 5.29. The Morgan fingerprint density at radius 2 is 1.80 bits per heavy atom. The van der Waals surface area contributed by atoms with Gasteiger partial charge in [-0.25, -0.2) is 4.98 Å². The summed E-state index contributed by atoms with van der Waals surface area (Å²) in [4.78, 5) is 18.7. The molecule has 1 aromatic carbocycles. The Kier molecular flexibility index (Phi) is 2.74. The molecule has 0 aliphatic carbocycles. The summed E-state index contributed by atoms with van der Waals surface area (Å²) in [7, 11) is 1.80. The molecule has 102 valence electrons. The summed E-state index contributed by atoms with van der Waals surface area (Å²) in [5.41, 5.74) is 5.65. The van der Waals surface area contributed by atoms with E-state index in [0.717, 1.165) is 17.1 Å². The average Bonchev–Trinajstić information content (AvgIpc) is 2.49. The highest BCUT2D eigenvalue weighted by molar-refractivity contribution is 6.12. The first kappa shape index (κ1) is 12.7.